The number of allylic oxidation sites excluding steroid dienone is 2. The van der Waals surface area contributed by atoms with Gasteiger partial charge in [-0.25, -0.2) is 0 Å². The van der Waals surface area contributed by atoms with Gasteiger partial charge in [0.1, 0.15) is 17.4 Å². The zero-order chi connectivity index (χ0) is 26.7. The molecule has 1 aliphatic heterocycles. The van der Waals surface area contributed by atoms with Crippen molar-refractivity contribution in [3.8, 4) is 23.0 Å². The molecule has 8 heteroatoms. The van der Waals surface area contributed by atoms with Gasteiger partial charge < -0.3 is 23.7 Å². The van der Waals surface area contributed by atoms with Crippen LogP contribution in [0.4, 0.5) is 0 Å². The fraction of sp³-hybridized carbons (Fsp3) is 0.414. The maximum Gasteiger partial charge on any atom is 0.315 e. The Balaban J connectivity index is 1.82. The largest absolute Gasteiger partial charge is 0.497 e. The fourth-order valence-electron chi connectivity index (χ4n) is 5.35. The van der Waals surface area contributed by atoms with E-state index in [1.165, 1.54) is 0 Å². The van der Waals surface area contributed by atoms with E-state index in [-0.39, 0.29) is 24.7 Å². The first-order valence-corrected chi connectivity index (χ1v) is 12.3. The number of nitrogens with zero attached hydrogens (tertiary/aromatic N) is 1. The van der Waals surface area contributed by atoms with Crippen molar-refractivity contribution in [3.63, 3.8) is 0 Å². The molecule has 0 aromatic heterocycles. The summed E-state index contributed by atoms with van der Waals surface area (Å²) in [6, 6.07) is 11.1. The number of ether oxygens (including phenoxy) is 5. The van der Waals surface area contributed by atoms with Crippen molar-refractivity contribution in [2.24, 2.45) is 10.9 Å². The molecule has 2 aliphatic rings. The fourth-order valence-corrected chi connectivity index (χ4v) is 5.35. The Kier molecular flexibility index (Phi) is 7.86. The van der Waals surface area contributed by atoms with Crippen LogP contribution in [-0.4, -0.2) is 52.5 Å². The third-order valence-electron chi connectivity index (χ3n) is 7.08. The van der Waals surface area contributed by atoms with E-state index in [4.69, 9.17) is 28.7 Å². The molecular weight excluding hydrogens is 474 g/mol. The molecule has 2 aromatic rings. The lowest BCUT2D eigenvalue weighted by atomic mass is 9.69. The number of aliphatic imine (C=N–C) groups is 1. The number of hydrogen-bond acceptors (Lipinski definition) is 8. The molecule has 0 fully saturated rings. The number of benzene rings is 2. The van der Waals surface area contributed by atoms with Crippen LogP contribution in [0.5, 0.6) is 23.0 Å². The van der Waals surface area contributed by atoms with E-state index in [1.807, 2.05) is 31.2 Å². The SMILES string of the molecule is CCOC(=O)C1C(C)=NC2=C(C(=O)C[C@H](c3ccc(OC)c(OC)c3)C2)[C@H]1c1ccc(OC)cc1OC. The van der Waals surface area contributed by atoms with Gasteiger partial charge in [-0.15, -0.1) is 0 Å². The molecule has 1 unspecified atom stereocenters. The number of carbonyl (C=O) groups excluding carboxylic acids is 2. The molecule has 0 N–H and O–H groups in total. The Morgan fingerprint density at radius 3 is 2.30 bits per heavy atom. The van der Waals surface area contributed by atoms with Crippen molar-refractivity contribution >= 4 is 17.5 Å². The molecule has 0 saturated heterocycles. The zero-order valence-corrected chi connectivity index (χ0v) is 22.1. The lowest BCUT2D eigenvalue weighted by molar-refractivity contribution is -0.146. The molecular formula is C29H33NO7. The Bertz CT molecular complexity index is 1260. The summed E-state index contributed by atoms with van der Waals surface area (Å²) < 4.78 is 27.3. The molecule has 4 rings (SSSR count). The highest BCUT2D eigenvalue weighted by molar-refractivity contribution is 6.09. The number of carbonyl (C=O) groups is 2. The van der Waals surface area contributed by atoms with Crippen LogP contribution in [0.3, 0.4) is 0 Å². The number of Topliss-reactive ketones (excluding diaryl/α,β-unsaturated/α-hetero) is 1. The van der Waals surface area contributed by atoms with Crippen molar-refractivity contribution in [2.45, 2.75) is 38.5 Å². The van der Waals surface area contributed by atoms with Crippen LogP contribution in [-0.2, 0) is 14.3 Å². The number of hydrogen-bond donors (Lipinski definition) is 0. The van der Waals surface area contributed by atoms with E-state index < -0.39 is 17.8 Å². The molecule has 0 saturated carbocycles. The van der Waals surface area contributed by atoms with Crippen LogP contribution in [0.2, 0.25) is 0 Å². The first-order valence-electron chi connectivity index (χ1n) is 12.3. The van der Waals surface area contributed by atoms with Crippen LogP contribution in [0.15, 0.2) is 52.7 Å². The first kappa shape index (κ1) is 26.3. The average Bonchev–Trinajstić information content (AvgIpc) is 2.91. The summed E-state index contributed by atoms with van der Waals surface area (Å²) in [5, 5.41) is 0. The minimum atomic E-state index is -0.734. The second kappa shape index (κ2) is 11.1. The molecule has 0 bridgehead atoms. The van der Waals surface area contributed by atoms with E-state index in [0.29, 0.717) is 46.4 Å². The molecule has 1 heterocycles. The monoisotopic (exact) mass is 507 g/mol. The molecule has 0 spiro atoms. The minimum absolute atomic E-state index is 0.0468. The van der Waals surface area contributed by atoms with Gasteiger partial charge in [0.15, 0.2) is 17.3 Å². The Morgan fingerprint density at radius 2 is 1.65 bits per heavy atom. The van der Waals surface area contributed by atoms with Gasteiger partial charge in [-0.05, 0) is 49.9 Å². The quantitative estimate of drug-likeness (QED) is 0.471. The number of methoxy groups -OCH3 is 4. The zero-order valence-electron chi connectivity index (χ0n) is 22.1. The van der Waals surface area contributed by atoms with Crippen LogP contribution in [0.25, 0.3) is 0 Å². The predicted octanol–water partition coefficient (Wildman–Crippen LogP) is 4.86. The molecule has 2 aromatic carbocycles. The second-order valence-electron chi connectivity index (χ2n) is 9.07. The molecule has 37 heavy (non-hydrogen) atoms. The lowest BCUT2D eigenvalue weighted by Crippen LogP contribution is -2.38. The smallest absolute Gasteiger partial charge is 0.315 e. The molecule has 8 nitrogen and oxygen atoms in total. The van der Waals surface area contributed by atoms with Crippen LogP contribution in [0.1, 0.15) is 49.7 Å². The van der Waals surface area contributed by atoms with Crippen molar-refractivity contribution < 1.29 is 33.3 Å². The average molecular weight is 508 g/mol. The summed E-state index contributed by atoms with van der Waals surface area (Å²) >= 11 is 0. The van der Waals surface area contributed by atoms with Crippen molar-refractivity contribution in [3.05, 3.63) is 58.8 Å². The minimum Gasteiger partial charge on any atom is -0.497 e. The summed E-state index contributed by atoms with van der Waals surface area (Å²) in [6.45, 7) is 3.82. The summed E-state index contributed by atoms with van der Waals surface area (Å²) in [6.07, 6.45) is 0.839. The molecule has 0 radical (unpaired) electrons. The van der Waals surface area contributed by atoms with Gasteiger partial charge in [0, 0.05) is 41.0 Å². The van der Waals surface area contributed by atoms with Gasteiger partial charge in [-0.2, -0.15) is 0 Å². The highest BCUT2D eigenvalue weighted by Crippen LogP contribution is 2.49. The van der Waals surface area contributed by atoms with Gasteiger partial charge >= 0.3 is 5.97 Å². The maximum absolute atomic E-state index is 13.8. The predicted molar refractivity (Wildman–Crippen MR) is 139 cm³/mol. The molecule has 3 atom stereocenters. The Morgan fingerprint density at radius 1 is 0.919 bits per heavy atom. The standard InChI is InChI=1S/C29H33NO7/c1-7-37-29(32)26-16(2)30-21-12-18(17-8-11-23(34-4)25(14-17)36-6)13-22(31)28(21)27(26)20-10-9-19(33-3)15-24(20)35-5/h8-11,14-15,18,26-27H,7,12-13H2,1-6H3/t18-,26?,27+/m1/s1. The first-order chi connectivity index (χ1) is 17.9. The van der Waals surface area contributed by atoms with E-state index in [0.717, 1.165) is 11.1 Å². The van der Waals surface area contributed by atoms with Crippen molar-refractivity contribution in [1.29, 1.82) is 0 Å². The summed E-state index contributed by atoms with van der Waals surface area (Å²) in [4.78, 5) is 31.8. The maximum atomic E-state index is 13.8. The second-order valence-corrected chi connectivity index (χ2v) is 9.07. The van der Waals surface area contributed by atoms with Crippen LogP contribution in [0, 0.1) is 5.92 Å². The summed E-state index contributed by atoms with van der Waals surface area (Å²) in [7, 11) is 6.32. The van der Waals surface area contributed by atoms with E-state index in [1.54, 1.807) is 47.5 Å². The highest BCUT2D eigenvalue weighted by Gasteiger charge is 2.45. The van der Waals surface area contributed by atoms with Crippen molar-refractivity contribution in [1.82, 2.24) is 0 Å². The Hall–Kier alpha value is -3.81. The normalized spacial score (nSPS) is 21.1. The third-order valence-corrected chi connectivity index (χ3v) is 7.08. The van der Waals surface area contributed by atoms with Crippen LogP contribution >= 0.6 is 0 Å². The van der Waals surface area contributed by atoms with Gasteiger partial charge in [-0.1, -0.05) is 12.1 Å². The summed E-state index contributed by atoms with van der Waals surface area (Å²) in [5.74, 6) is 0.543. The number of rotatable bonds is 8. The van der Waals surface area contributed by atoms with Crippen molar-refractivity contribution in [2.75, 3.05) is 35.0 Å². The summed E-state index contributed by atoms with van der Waals surface area (Å²) in [5.41, 5.74) is 3.54. The Labute approximate surface area is 217 Å². The van der Waals surface area contributed by atoms with Gasteiger partial charge in [0.25, 0.3) is 0 Å². The number of esters is 1. The van der Waals surface area contributed by atoms with Gasteiger partial charge in [0.2, 0.25) is 0 Å². The third kappa shape index (κ3) is 4.92. The van der Waals surface area contributed by atoms with E-state index in [9.17, 15) is 9.59 Å². The molecule has 0 amide bonds. The molecule has 1 aliphatic carbocycles. The topological polar surface area (TPSA) is 92.7 Å². The van der Waals surface area contributed by atoms with Gasteiger partial charge in [0.05, 0.1) is 35.0 Å². The number of ketones is 1. The van der Waals surface area contributed by atoms with Crippen LogP contribution < -0.4 is 18.9 Å². The van der Waals surface area contributed by atoms with E-state index >= 15 is 0 Å². The highest BCUT2D eigenvalue weighted by atomic mass is 16.5. The lowest BCUT2D eigenvalue weighted by Gasteiger charge is -2.37. The molecule has 196 valence electrons. The van der Waals surface area contributed by atoms with Gasteiger partial charge in [-0.3, -0.25) is 14.6 Å². The van der Waals surface area contributed by atoms with E-state index in [2.05, 4.69) is 0 Å².